The third-order valence-electron chi connectivity index (χ3n) is 4.99. The molecule has 2 amide bonds. The third-order valence-corrected chi connectivity index (χ3v) is 6.46. The zero-order valence-corrected chi connectivity index (χ0v) is 18.9. The summed E-state index contributed by atoms with van der Waals surface area (Å²) in [5.41, 5.74) is 1.98. The number of amides is 2. The quantitative estimate of drug-likeness (QED) is 0.590. The molecular formula is C22H20Cl2N4O2S. The zero-order valence-electron chi connectivity index (χ0n) is 16.6. The lowest BCUT2D eigenvalue weighted by Crippen LogP contribution is -2.50. The maximum atomic E-state index is 12.8. The van der Waals surface area contributed by atoms with Crippen LogP contribution in [0.2, 0.25) is 10.0 Å². The number of rotatable bonds is 5. The van der Waals surface area contributed by atoms with Crippen LogP contribution in [-0.2, 0) is 4.79 Å². The Bertz CT molecular complexity index is 1080. The van der Waals surface area contributed by atoms with Crippen LogP contribution in [-0.4, -0.2) is 59.3 Å². The average Bonchev–Trinajstić information content (AvgIpc) is 3.26. The van der Waals surface area contributed by atoms with Gasteiger partial charge < -0.3 is 10.2 Å². The minimum atomic E-state index is -0.125. The van der Waals surface area contributed by atoms with E-state index >= 15 is 0 Å². The lowest BCUT2D eigenvalue weighted by molar-refractivity contribution is -0.117. The highest BCUT2D eigenvalue weighted by atomic mass is 35.5. The van der Waals surface area contributed by atoms with Gasteiger partial charge in [-0.1, -0.05) is 47.5 Å². The average molecular weight is 475 g/mol. The van der Waals surface area contributed by atoms with Gasteiger partial charge >= 0.3 is 0 Å². The molecule has 9 heteroatoms. The molecule has 0 aliphatic carbocycles. The highest BCUT2D eigenvalue weighted by molar-refractivity contribution is 7.13. The van der Waals surface area contributed by atoms with E-state index in [9.17, 15) is 9.59 Å². The van der Waals surface area contributed by atoms with Crippen molar-refractivity contribution in [3.8, 4) is 10.6 Å². The van der Waals surface area contributed by atoms with Crippen LogP contribution in [0.4, 0.5) is 5.69 Å². The number of hydrogen-bond donors (Lipinski definition) is 1. The molecule has 1 fully saturated rings. The van der Waals surface area contributed by atoms with Crippen molar-refractivity contribution in [1.29, 1.82) is 0 Å². The Hall–Kier alpha value is -2.45. The number of carbonyl (C=O) groups is 2. The molecule has 1 saturated heterocycles. The smallest absolute Gasteiger partial charge is 0.273 e. The van der Waals surface area contributed by atoms with Crippen LogP contribution in [0.25, 0.3) is 10.6 Å². The highest BCUT2D eigenvalue weighted by Gasteiger charge is 2.25. The third kappa shape index (κ3) is 5.43. The summed E-state index contributed by atoms with van der Waals surface area (Å²) in [6, 6.07) is 14.5. The molecule has 0 radical (unpaired) electrons. The second kappa shape index (κ2) is 9.78. The predicted octanol–water partition coefficient (Wildman–Crippen LogP) is 4.51. The van der Waals surface area contributed by atoms with Gasteiger partial charge in [-0.2, -0.15) is 0 Å². The molecule has 1 aliphatic rings. The molecule has 0 atom stereocenters. The largest absolute Gasteiger partial charge is 0.335 e. The van der Waals surface area contributed by atoms with Crippen molar-refractivity contribution in [2.45, 2.75) is 0 Å². The summed E-state index contributed by atoms with van der Waals surface area (Å²) in [4.78, 5) is 33.5. The van der Waals surface area contributed by atoms with E-state index in [0.717, 1.165) is 10.6 Å². The number of thiazole rings is 1. The summed E-state index contributed by atoms with van der Waals surface area (Å²) < 4.78 is 0. The van der Waals surface area contributed by atoms with E-state index in [1.807, 2.05) is 29.2 Å². The van der Waals surface area contributed by atoms with Gasteiger partial charge in [0.25, 0.3) is 5.91 Å². The van der Waals surface area contributed by atoms with Gasteiger partial charge in [-0.05, 0) is 24.3 Å². The second-order valence-corrected chi connectivity index (χ2v) is 8.84. The second-order valence-electron chi connectivity index (χ2n) is 7.14. The summed E-state index contributed by atoms with van der Waals surface area (Å²) in [6.45, 7) is 2.59. The molecule has 4 rings (SSSR count). The number of nitrogens with zero attached hydrogens (tertiary/aromatic N) is 3. The van der Waals surface area contributed by atoms with E-state index in [4.69, 9.17) is 23.2 Å². The Morgan fingerprint density at radius 2 is 1.71 bits per heavy atom. The number of piperazine rings is 1. The van der Waals surface area contributed by atoms with Crippen molar-refractivity contribution in [1.82, 2.24) is 14.8 Å². The predicted molar refractivity (Wildman–Crippen MR) is 125 cm³/mol. The summed E-state index contributed by atoms with van der Waals surface area (Å²) in [5, 5.41) is 6.57. The monoisotopic (exact) mass is 474 g/mol. The molecule has 3 aromatic rings. The van der Waals surface area contributed by atoms with E-state index in [1.165, 1.54) is 11.3 Å². The summed E-state index contributed by atoms with van der Waals surface area (Å²) >= 11 is 13.5. The number of benzene rings is 2. The summed E-state index contributed by atoms with van der Waals surface area (Å²) in [6.07, 6.45) is 0. The Kier molecular flexibility index (Phi) is 6.87. The van der Waals surface area contributed by atoms with Gasteiger partial charge in [0.1, 0.15) is 10.7 Å². The molecular weight excluding hydrogens is 455 g/mol. The van der Waals surface area contributed by atoms with Crippen LogP contribution in [0, 0.1) is 0 Å². The molecule has 31 heavy (non-hydrogen) atoms. The molecule has 0 spiro atoms. The molecule has 2 aromatic carbocycles. The lowest BCUT2D eigenvalue weighted by atomic mass is 10.2. The molecule has 6 nitrogen and oxygen atoms in total. The Morgan fingerprint density at radius 1 is 1.00 bits per heavy atom. The van der Waals surface area contributed by atoms with Crippen molar-refractivity contribution in [3.63, 3.8) is 0 Å². The number of hydrogen-bond acceptors (Lipinski definition) is 5. The van der Waals surface area contributed by atoms with E-state index in [2.05, 4.69) is 10.3 Å². The van der Waals surface area contributed by atoms with E-state index < -0.39 is 0 Å². The fraction of sp³-hybridized carbons (Fsp3) is 0.227. The van der Waals surface area contributed by atoms with Crippen LogP contribution >= 0.6 is 34.5 Å². The molecule has 0 saturated carbocycles. The molecule has 1 N–H and O–H groups in total. The zero-order chi connectivity index (χ0) is 21.8. The number of halogens is 2. The maximum absolute atomic E-state index is 12.8. The van der Waals surface area contributed by atoms with Gasteiger partial charge in [-0.3, -0.25) is 14.5 Å². The molecule has 1 aliphatic heterocycles. The maximum Gasteiger partial charge on any atom is 0.273 e. The Balaban J connectivity index is 1.29. The van der Waals surface area contributed by atoms with Crippen molar-refractivity contribution < 1.29 is 9.59 Å². The summed E-state index contributed by atoms with van der Waals surface area (Å²) in [5.74, 6) is -0.211. The van der Waals surface area contributed by atoms with Gasteiger partial charge in [0.15, 0.2) is 0 Å². The molecule has 0 bridgehead atoms. The van der Waals surface area contributed by atoms with Crippen molar-refractivity contribution in [3.05, 3.63) is 69.7 Å². The van der Waals surface area contributed by atoms with Gasteiger partial charge in [0.2, 0.25) is 5.91 Å². The minimum Gasteiger partial charge on any atom is -0.335 e. The Labute approximate surface area is 194 Å². The fourth-order valence-corrected chi connectivity index (χ4v) is 4.43. The molecule has 1 aromatic heterocycles. The first-order valence-corrected chi connectivity index (χ1v) is 11.4. The SMILES string of the molecule is O=C(CN1CCN(C(=O)c2csc(-c3ccc(Cl)cc3)n2)CC1)Nc1ccccc1Cl. The normalized spacial score (nSPS) is 14.5. The van der Waals surface area contributed by atoms with Crippen LogP contribution in [0.15, 0.2) is 53.9 Å². The minimum absolute atomic E-state index is 0.0865. The van der Waals surface area contributed by atoms with Crippen molar-refractivity contribution in [2.24, 2.45) is 0 Å². The van der Waals surface area contributed by atoms with Gasteiger partial charge in [0, 0.05) is 42.1 Å². The van der Waals surface area contributed by atoms with Gasteiger partial charge in [-0.25, -0.2) is 4.98 Å². The number of nitrogens with one attached hydrogen (secondary N) is 1. The molecule has 160 valence electrons. The van der Waals surface area contributed by atoms with Crippen LogP contribution < -0.4 is 5.32 Å². The molecule has 2 heterocycles. The van der Waals surface area contributed by atoms with E-state index in [1.54, 1.807) is 34.5 Å². The number of para-hydroxylation sites is 1. The first-order chi connectivity index (χ1) is 15.0. The fourth-order valence-electron chi connectivity index (χ4n) is 3.32. The molecule has 0 unspecified atom stereocenters. The van der Waals surface area contributed by atoms with Gasteiger partial charge in [0.05, 0.1) is 17.3 Å². The van der Waals surface area contributed by atoms with Crippen molar-refractivity contribution in [2.75, 3.05) is 38.0 Å². The van der Waals surface area contributed by atoms with Crippen LogP contribution in [0.1, 0.15) is 10.5 Å². The highest BCUT2D eigenvalue weighted by Crippen LogP contribution is 2.26. The standard InChI is InChI=1S/C22H20Cl2N4O2S/c23-16-7-5-15(6-8-16)21-26-19(14-31-21)22(30)28-11-9-27(10-12-28)13-20(29)25-18-4-2-1-3-17(18)24/h1-8,14H,9-13H2,(H,25,29). The van der Waals surface area contributed by atoms with Crippen molar-refractivity contribution >= 4 is 52.0 Å². The lowest BCUT2D eigenvalue weighted by Gasteiger charge is -2.34. The van der Waals surface area contributed by atoms with E-state index in [0.29, 0.717) is 47.6 Å². The summed E-state index contributed by atoms with van der Waals surface area (Å²) in [7, 11) is 0. The van der Waals surface area contributed by atoms with Crippen LogP contribution in [0.3, 0.4) is 0 Å². The number of aromatic nitrogens is 1. The topological polar surface area (TPSA) is 65.5 Å². The number of anilines is 1. The number of carbonyl (C=O) groups excluding carboxylic acids is 2. The van der Waals surface area contributed by atoms with Crippen LogP contribution in [0.5, 0.6) is 0 Å². The van der Waals surface area contributed by atoms with E-state index in [-0.39, 0.29) is 18.4 Å². The van der Waals surface area contributed by atoms with Gasteiger partial charge in [-0.15, -0.1) is 11.3 Å². The Morgan fingerprint density at radius 3 is 2.42 bits per heavy atom. The first-order valence-electron chi connectivity index (χ1n) is 9.77. The first kappa shape index (κ1) is 21.8.